The first-order valence-electron chi connectivity index (χ1n) is 6.62. The van der Waals surface area contributed by atoms with Gasteiger partial charge >= 0.3 is 0 Å². The van der Waals surface area contributed by atoms with Crippen molar-refractivity contribution in [2.45, 2.75) is 32.4 Å². The van der Waals surface area contributed by atoms with E-state index in [-0.39, 0.29) is 6.10 Å². The van der Waals surface area contributed by atoms with Gasteiger partial charge in [0.15, 0.2) is 0 Å². The van der Waals surface area contributed by atoms with E-state index in [2.05, 4.69) is 17.2 Å². The van der Waals surface area contributed by atoms with Crippen LogP contribution >= 0.6 is 11.6 Å². The van der Waals surface area contributed by atoms with Crippen molar-refractivity contribution in [3.63, 3.8) is 0 Å². The number of fused-ring (bicyclic) bond motifs is 1. The van der Waals surface area contributed by atoms with Crippen LogP contribution in [0, 0.1) is 0 Å². The standard InChI is InChI=1S/C15H19ClN2O/c1-2-4-14(19)10-17-9-12-8-13(16)7-11-5-3-6-18-15(11)12/h3,5-8,14,17,19H,2,4,9-10H2,1H3. The normalized spacial score (nSPS) is 12.8. The minimum Gasteiger partial charge on any atom is -0.392 e. The summed E-state index contributed by atoms with van der Waals surface area (Å²) < 4.78 is 0. The molecule has 0 aliphatic rings. The highest BCUT2D eigenvalue weighted by atomic mass is 35.5. The molecule has 2 N–H and O–H groups in total. The molecule has 2 rings (SSSR count). The van der Waals surface area contributed by atoms with E-state index in [0.717, 1.165) is 29.3 Å². The molecule has 0 saturated carbocycles. The van der Waals surface area contributed by atoms with E-state index in [0.29, 0.717) is 18.1 Å². The molecular formula is C15H19ClN2O. The predicted molar refractivity (Wildman–Crippen MR) is 79.4 cm³/mol. The van der Waals surface area contributed by atoms with E-state index in [9.17, 15) is 5.11 Å². The highest BCUT2D eigenvalue weighted by molar-refractivity contribution is 6.31. The molecule has 0 saturated heterocycles. The molecule has 2 aromatic rings. The summed E-state index contributed by atoms with van der Waals surface area (Å²) in [5.41, 5.74) is 2.02. The van der Waals surface area contributed by atoms with Crippen LogP contribution in [-0.4, -0.2) is 22.7 Å². The van der Waals surface area contributed by atoms with Crippen molar-refractivity contribution in [3.05, 3.63) is 41.0 Å². The monoisotopic (exact) mass is 278 g/mol. The second-order valence-electron chi connectivity index (χ2n) is 4.71. The van der Waals surface area contributed by atoms with Gasteiger partial charge in [0, 0.05) is 29.7 Å². The van der Waals surface area contributed by atoms with Crippen molar-refractivity contribution >= 4 is 22.5 Å². The average Bonchev–Trinajstić information content (AvgIpc) is 2.38. The fourth-order valence-electron chi connectivity index (χ4n) is 2.17. The minimum absolute atomic E-state index is 0.289. The first kappa shape index (κ1) is 14.3. The summed E-state index contributed by atoms with van der Waals surface area (Å²) in [6, 6.07) is 7.75. The predicted octanol–water partition coefficient (Wildman–Crippen LogP) is 3.14. The van der Waals surface area contributed by atoms with Crippen molar-refractivity contribution in [3.8, 4) is 0 Å². The summed E-state index contributed by atoms with van der Waals surface area (Å²) >= 11 is 6.11. The van der Waals surface area contributed by atoms with Crippen LogP contribution in [0.2, 0.25) is 5.02 Å². The van der Waals surface area contributed by atoms with Gasteiger partial charge in [0.05, 0.1) is 11.6 Å². The third-order valence-corrected chi connectivity index (χ3v) is 3.28. The number of nitrogens with one attached hydrogen (secondary N) is 1. The van der Waals surface area contributed by atoms with E-state index in [1.807, 2.05) is 24.3 Å². The third-order valence-electron chi connectivity index (χ3n) is 3.07. The van der Waals surface area contributed by atoms with Gasteiger partial charge in [-0.15, -0.1) is 0 Å². The van der Waals surface area contributed by atoms with Crippen LogP contribution in [0.3, 0.4) is 0 Å². The lowest BCUT2D eigenvalue weighted by atomic mass is 10.1. The number of aliphatic hydroxyl groups excluding tert-OH is 1. The Morgan fingerprint density at radius 1 is 1.42 bits per heavy atom. The fourth-order valence-corrected chi connectivity index (χ4v) is 2.42. The summed E-state index contributed by atoms with van der Waals surface area (Å²) in [5.74, 6) is 0. The number of halogens is 1. The second-order valence-corrected chi connectivity index (χ2v) is 5.15. The van der Waals surface area contributed by atoms with Gasteiger partial charge in [0.1, 0.15) is 0 Å². The van der Waals surface area contributed by atoms with Gasteiger partial charge in [-0.1, -0.05) is 31.0 Å². The van der Waals surface area contributed by atoms with E-state index in [1.165, 1.54) is 0 Å². The third kappa shape index (κ3) is 3.90. The molecule has 102 valence electrons. The number of nitrogens with zero attached hydrogens (tertiary/aromatic N) is 1. The molecular weight excluding hydrogens is 260 g/mol. The van der Waals surface area contributed by atoms with Crippen LogP contribution in [0.25, 0.3) is 10.9 Å². The number of hydrogen-bond donors (Lipinski definition) is 2. The summed E-state index contributed by atoms with van der Waals surface area (Å²) in [6.45, 7) is 3.32. The topological polar surface area (TPSA) is 45.1 Å². The summed E-state index contributed by atoms with van der Waals surface area (Å²) in [6.07, 6.45) is 3.31. The molecule has 0 bridgehead atoms. The smallest absolute Gasteiger partial charge is 0.0747 e. The maximum Gasteiger partial charge on any atom is 0.0747 e. The van der Waals surface area contributed by atoms with Crippen molar-refractivity contribution in [2.75, 3.05) is 6.54 Å². The van der Waals surface area contributed by atoms with Crippen LogP contribution in [0.5, 0.6) is 0 Å². The molecule has 4 heteroatoms. The fraction of sp³-hybridized carbons (Fsp3) is 0.400. The zero-order chi connectivity index (χ0) is 13.7. The Labute approximate surface area is 118 Å². The number of hydrogen-bond acceptors (Lipinski definition) is 3. The second kappa shape index (κ2) is 6.85. The van der Waals surface area contributed by atoms with Gasteiger partial charge in [0.25, 0.3) is 0 Å². The zero-order valence-electron chi connectivity index (χ0n) is 11.1. The van der Waals surface area contributed by atoms with Crippen molar-refractivity contribution in [2.24, 2.45) is 0 Å². The van der Waals surface area contributed by atoms with Crippen molar-refractivity contribution < 1.29 is 5.11 Å². The molecule has 1 aromatic heterocycles. The lowest BCUT2D eigenvalue weighted by molar-refractivity contribution is 0.160. The molecule has 1 unspecified atom stereocenters. The van der Waals surface area contributed by atoms with Crippen LogP contribution < -0.4 is 5.32 Å². The van der Waals surface area contributed by atoms with Crippen LogP contribution in [0.15, 0.2) is 30.5 Å². The molecule has 0 spiro atoms. The maximum atomic E-state index is 9.69. The Kier molecular flexibility index (Phi) is 5.14. The van der Waals surface area contributed by atoms with Gasteiger partial charge in [0.2, 0.25) is 0 Å². The highest BCUT2D eigenvalue weighted by Crippen LogP contribution is 2.22. The number of rotatable bonds is 6. The van der Waals surface area contributed by atoms with E-state index < -0.39 is 0 Å². The SMILES string of the molecule is CCCC(O)CNCc1cc(Cl)cc2cccnc12. The lowest BCUT2D eigenvalue weighted by Crippen LogP contribution is -2.26. The average molecular weight is 279 g/mol. The van der Waals surface area contributed by atoms with E-state index in [4.69, 9.17) is 11.6 Å². The van der Waals surface area contributed by atoms with Gasteiger partial charge in [-0.2, -0.15) is 0 Å². The van der Waals surface area contributed by atoms with Gasteiger partial charge in [-0.25, -0.2) is 0 Å². The molecule has 1 aromatic carbocycles. The molecule has 0 radical (unpaired) electrons. The summed E-state index contributed by atoms with van der Waals surface area (Å²) in [4.78, 5) is 4.40. The Hall–Kier alpha value is -1.16. The molecule has 19 heavy (non-hydrogen) atoms. The number of pyridine rings is 1. The molecule has 3 nitrogen and oxygen atoms in total. The van der Waals surface area contributed by atoms with Crippen molar-refractivity contribution in [1.82, 2.24) is 10.3 Å². The molecule has 1 atom stereocenters. The van der Waals surface area contributed by atoms with Gasteiger partial charge in [-0.3, -0.25) is 4.98 Å². The van der Waals surface area contributed by atoms with E-state index in [1.54, 1.807) is 6.20 Å². The first-order chi connectivity index (χ1) is 9.20. The molecule has 0 fully saturated rings. The minimum atomic E-state index is -0.289. The Morgan fingerprint density at radius 2 is 2.26 bits per heavy atom. The maximum absolute atomic E-state index is 9.69. The number of benzene rings is 1. The van der Waals surface area contributed by atoms with Gasteiger partial charge in [-0.05, 0) is 30.2 Å². The van der Waals surface area contributed by atoms with Crippen LogP contribution in [0.1, 0.15) is 25.3 Å². The molecule has 0 amide bonds. The van der Waals surface area contributed by atoms with E-state index >= 15 is 0 Å². The van der Waals surface area contributed by atoms with Gasteiger partial charge < -0.3 is 10.4 Å². The lowest BCUT2D eigenvalue weighted by Gasteiger charge is -2.12. The zero-order valence-corrected chi connectivity index (χ0v) is 11.8. The van der Waals surface area contributed by atoms with Crippen molar-refractivity contribution in [1.29, 1.82) is 0 Å². The highest BCUT2D eigenvalue weighted by Gasteiger charge is 2.06. The molecule has 1 heterocycles. The first-order valence-corrected chi connectivity index (χ1v) is 7.00. The summed E-state index contributed by atoms with van der Waals surface area (Å²) in [5, 5.41) is 14.7. The Bertz CT molecular complexity index is 545. The molecule has 0 aliphatic carbocycles. The summed E-state index contributed by atoms with van der Waals surface area (Å²) in [7, 11) is 0. The quantitative estimate of drug-likeness (QED) is 0.853. The largest absolute Gasteiger partial charge is 0.392 e. The van der Waals surface area contributed by atoms with Crippen LogP contribution in [-0.2, 0) is 6.54 Å². The number of aromatic nitrogens is 1. The Balaban J connectivity index is 2.08. The van der Waals surface area contributed by atoms with Crippen LogP contribution in [0.4, 0.5) is 0 Å². The Morgan fingerprint density at radius 3 is 3.05 bits per heavy atom. The molecule has 0 aliphatic heterocycles. The number of aliphatic hydroxyl groups is 1.